The fourth-order valence-corrected chi connectivity index (χ4v) is 3.64. The summed E-state index contributed by atoms with van der Waals surface area (Å²) < 4.78 is 54.9. The molecule has 0 saturated carbocycles. The molecule has 0 aliphatic rings. The van der Waals surface area contributed by atoms with Gasteiger partial charge in [-0.15, -0.1) is 0 Å². The number of hydrogen-bond donors (Lipinski definition) is 1. The van der Waals surface area contributed by atoms with E-state index in [2.05, 4.69) is 0 Å². The van der Waals surface area contributed by atoms with Gasteiger partial charge >= 0.3 is 0 Å². The molecule has 4 rings (SSSR count). The zero-order valence-corrected chi connectivity index (χ0v) is 17.1. The first-order valence-corrected chi connectivity index (χ1v) is 10.2. The summed E-state index contributed by atoms with van der Waals surface area (Å²) >= 11 is 0. The van der Waals surface area contributed by atoms with Crippen LogP contribution in [0.1, 0.15) is 12.0 Å². The summed E-state index contributed by atoms with van der Waals surface area (Å²) in [6.45, 7) is 0.169. The largest absolute Gasteiger partial charge is 0.396 e. The third-order valence-electron chi connectivity index (χ3n) is 5.39. The predicted octanol–water partition coefficient (Wildman–Crippen LogP) is 7.17. The van der Waals surface area contributed by atoms with Gasteiger partial charge in [0.2, 0.25) is 0 Å². The molecule has 0 spiro atoms. The second kappa shape index (κ2) is 9.37. The van der Waals surface area contributed by atoms with Crippen LogP contribution in [0.5, 0.6) is 0 Å². The Bertz CT molecular complexity index is 1210. The van der Waals surface area contributed by atoms with E-state index < -0.39 is 23.3 Å². The molecule has 5 heteroatoms. The summed E-state index contributed by atoms with van der Waals surface area (Å²) in [6, 6.07) is 21.7. The van der Waals surface area contributed by atoms with Crippen LogP contribution in [0.4, 0.5) is 17.6 Å². The highest BCUT2D eigenvalue weighted by molar-refractivity contribution is 5.73. The maximum absolute atomic E-state index is 14.7. The molecule has 32 heavy (non-hydrogen) atoms. The van der Waals surface area contributed by atoms with Gasteiger partial charge in [0.15, 0.2) is 17.5 Å². The van der Waals surface area contributed by atoms with Crippen molar-refractivity contribution in [2.24, 2.45) is 0 Å². The topological polar surface area (TPSA) is 20.2 Å². The van der Waals surface area contributed by atoms with Crippen LogP contribution in [0.25, 0.3) is 33.4 Å². The van der Waals surface area contributed by atoms with Gasteiger partial charge in [-0.1, -0.05) is 60.7 Å². The SMILES string of the molecule is OCCCc1ccc(-c2ccc(-c3ccc(-c4cc(F)c(F)c(F)c4)c(F)c3)cc2)cc1. The van der Waals surface area contributed by atoms with Crippen LogP contribution in [0.2, 0.25) is 0 Å². The number of rotatable bonds is 6. The fraction of sp³-hybridized carbons (Fsp3) is 0.111. The van der Waals surface area contributed by atoms with Crippen molar-refractivity contribution < 1.29 is 22.7 Å². The number of halogens is 4. The molecule has 0 fully saturated rings. The second-order valence-electron chi connectivity index (χ2n) is 7.55. The average molecular weight is 436 g/mol. The van der Waals surface area contributed by atoms with E-state index in [1.54, 1.807) is 6.07 Å². The van der Waals surface area contributed by atoms with E-state index in [1.807, 2.05) is 48.5 Å². The maximum Gasteiger partial charge on any atom is 0.194 e. The smallest absolute Gasteiger partial charge is 0.194 e. The van der Waals surface area contributed by atoms with Gasteiger partial charge in [-0.2, -0.15) is 0 Å². The molecule has 0 aliphatic heterocycles. The highest BCUT2D eigenvalue weighted by atomic mass is 19.2. The zero-order valence-electron chi connectivity index (χ0n) is 17.1. The molecule has 0 amide bonds. The molecule has 4 aromatic carbocycles. The number of hydrogen-bond acceptors (Lipinski definition) is 1. The molecular formula is C27H20F4O. The number of aliphatic hydroxyl groups is 1. The molecule has 0 radical (unpaired) electrons. The summed E-state index contributed by atoms with van der Waals surface area (Å²) in [6.07, 6.45) is 1.56. The highest BCUT2D eigenvalue weighted by Crippen LogP contribution is 2.31. The molecule has 0 aliphatic carbocycles. The van der Waals surface area contributed by atoms with Crippen molar-refractivity contribution in [3.05, 3.63) is 108 Å². The van der Waals surface area contributed by atoms with Crippen LogP contribution < -0.4 is 0 Å². The van der Waals surface area contributed by atoms with Gasteiger partial charge in [-0.3, -0.25) is 0 Å². The van der Waals surface area contributed by atoms with Crippen LogP contribution in [0, 0.1) is 23.3 Å². The van der Waals surface area contributed by atoms with Gasteiger partial charge in [0, 0.05) is 12.2 Å². The van der Waals surface area contributed by atoms with Crippen LogP contribution in [-0.2, 0) is 6.42 Å². The van der Waals surface area contributed by atoms with Crippen LogP contribution in [0.15, 0.2) is 78.9 Å². The lowest BCUT2D eigenvalue weighted by atomic mass is 9.97. The molecule has 162 valence electrons. The normalized spacial score (nSPS) is 11.0. The quantitative estimate of drug-likeness (QED) is 0.251. The third-order valence-corrected chi connectivity index (χ3v) is 5.39. The van der Waals surface area contributed by atoms with Crippen molar-refractivity contribution in [1.82, 2.24) is 0 Å². The Labute approximate surface area is 183 Å². The lowest BCUT2D eigenvalue weighted by Crippen LogP contribution is -1.94. The van der Waals surface area contributed by atoms with E-state index in [9.17, 15) is 17.6 Å². The standard InChI is InChI=1S/C27H20F4O/c28-24-14-21(11-12-23(24)22-15-25(29)27(31)26(30)16-22)20-9-7-19(8-10-20)18-5-3-17(4-6-18)2-1-13-32/h3-12,14-16,32H,1-2,13H2. The van der Waals surface area contributed by atoms with Gasteiger partial charge in [0.1, 0.15) is 5.82 Å². The van der Waals surface area contributed by atoms with Gasteiger partial charge in [0.25, 0.3) is 0 Å². The van der Waals surface area contributed by atoms with Crippen molar-refractivity contribution in [3.8, 4) is 33.4 Å². The highest BCUT2D eigenvalue weighted by Gasteiger charge is 2.14. The van der Waals surface area contributed by atoms with Crippen LogP contribution >= 0.6 is 0 Å². The first-order chi connectivity index (χ1) is 15.5. The Kier molecular flexibility index (Phi) is 6.37. The van der Waals surface area contributed by atoms with E-state index >= 15 is 0 Å². The Morgan fingerprint density at radius 3 is 1.53 bits per heavy atom. The molecule has 1 nitrogen and oxygen atoms in total. The van der Waals surface area contributed by atoms with Crippen molar-refractivity contribution in [2.45, 2.75) is 12.8 Å². The molecule has 0 saturated heterocycles. The summed E-state index contributed by atoms with van der Waals surface area (Å²) in [5.41, 5.74) is 4.54. The maximum atomic E-state index is 14.7. The van der Waals surface area contributed by atoms with Crippen molar-refractivity contribution in [2.75, 3.05) is 6.61 Å². The third kappa shape index (κ3) is 4.58. The van der Waals surface area contributed by atoms with Gasteiger partial charge < -0.3 is 5.11 Å². The van der Waals surface area contributed by atoms with E-state index in [1.165, 1.54) is 12.1 Å². The minimum absolute atomic E-state index is 0.00976. The Morgan fingerprint density at radius 2 is 1.00 bits per heavy atom. The van der Waals surface area contributed by atoms with Gasteiger partial charge in [-0.05, 0) is 64.4 Å². The lowest BCUT2D eigenvalue weighted by Gasteiger charge is -2.09. The van der Waals surface area contributed by atoms with Gasteiger partial charge in [-0.25, -0.2) is 17.6 Å². The first kappa shape index (κ1) is 21.8. The lowest BCUT2D eigenvalue weighted by molar-refractivity contribution is 0.288. The summed E-state index contributed by atoms with van der Waals surface area (Å²) in [4.78, 5) is 0. The molecule has 1 N–H and O–H groups in total. The van der Waals surface area contributed by atoms with Crippen molar-refractivity contribution >= 4 is 0 Å². The van der Waals surface area contributed by atoms with E-state index in [4.69, 9.17) is 5.11 Å². The Morgan fingerprint density at radius 1 is 0.531 bits per heavy atom. The summed E-state index contributed by atoms with van der Waals surface area (Å²) in [5.74, 6) is -4.96. The molecule has 4 aromatic rings. The molecule has 0 heterocycles. The van der Waals surface area contributed by atoms with Crippen LogP contribution in [0.3, 0.4) is 0 Å². The van der Waals surface area contributed by atoms with Gasteiger partial charge in [0.05, 0.1) is 0 Å². The molecule has 0 unspecified atom stereocenters. The monoisotopic (exact) mass is 436 g/mol. The minimum atomic E-state index is -1.58. The average Bonchev–Trinajstić information content (AvgIpc) is 2.81. The molecular weight excluding hydrogens is 416 g/mol. The summed E-state index contributed by atoms with van der Waals surface area (Å²) in [7, 11) is 0. The molecule has 0 bridgehead atoms. The first-order valence-electron chi connectivity index (χ1n) is 10.2. The number of aryl methyl sites for hydroxylation is 1. The number of aliphatic hydroxyl groups excluding tert-OH is 1. The van der Waals surface area contributed by atoms with Crippen LogP contribution in [-0.4, -0.2) is 11.7 Å². The predicted molar refractivity (Wildman–Crippen MR) is 118 cm³/mol. The Balaban J connectivity index is 1.56. The summed E-state index contributed by atoms with van der Waals surface area (Å²) in [5, 5.41) is 8.94. The molecule has 0 atom stereocenters. The van der Waals surface area contributed by atoms with E-state index in [-0.39, 0.29) is 17.7 Å². The minimum Gasteiger partial charge on any atom is -0.396 e. The van der Waals surface area contributed by atoms with E-state index in [0.29, 0.717) is 5.56 Å². The second-order valence-corrected chi connectivity index (χ2v) is 7.55. The zero-order chi connectivity index (χ0) is 22.7. The fourth-order valence-electron chi connectivity index (χ4n) is 3.64. The molecule has 0 aromatic heterocycles. The Hall–Kier alpha value is -3.44. The van der Waals surface area contributed by atoms with Crippen molar-refractivity contribution in [1.29, 1.82) is 0 Å². The van der Waals surface area contributed by atoms with Crippen molar-refractivity contribution in [3.63, 3.8) is 0 Å². The van der Waals surface area contributed by atoms with E-state index in [0.717, 1.165) is 47.2 Å². The number of benzene rings is 4.